The maximum absolute atomic E-state index is 13.6. The molecule has 2 aromatic carbocycles. The predicted molar refractivity (Wildman–Crippen MR) is 140 cm³/mol. The number of nitrogens with zero attached hydrogens (tertiary/aromatic N) is 2. The molecule has 0 aliphatic heterocycles. The average Bonchev–Trinajstić information content (AvgIpc) is 2.75. The topological polar surface area (TPSA) is 96.0 Å². The van der Waals surface area contributed by atoms with Gasteiger partial charge in [0.05, 0.1) is 19.1 Å². The zero-order valence-corrected chi connectivity index (χ0v) is 23.0. The van der Waals surface area contributed by atoms with Crippen molar-refractivity contribution in [2.45, 2.75) is 46.3 Å². The summed E-state index contributed by atoms with van der Waals surface area (Å²) in [5.41, 5.74) is 1.58. The van der Waals surface area contributed by atoms with Gasteiger partial charge in [0.1, 0.15) is 18.3 Å². The van der Waals surface area contributed by atoms with E-state index in [1.807, 2.05) is 13.8 Å². The number of hydrogen-bond acceptors (Lipinski definition) is 5. The molecule has 0 aliphatic rings. The molecular formula is C24H31Cl2N3O5S. The number of benzene rings is 2. The lowest BCUT2D eigenvalue weighted by molar-refractivity contribution is -0.139. The van der Waals surface area contributed by atoms with Gasteiger partial charge in [-0.05, 0) is 63.1 Å². The van der Waals surface area contributed by atoms with Gasteiger partial charge in [0, 0.05) is 22.6 Å². The van der Waals surface area contributed by atoms with Crippen molar-refractivity contribution in [1.29, 1.82) is 0 Å². The number of sulfonamides is 1. The molecule has 1 atom stereocenters. The minimum Gasteiger partial charge on any atom is -0.495 e. The lowest BCUT2D eigenvalue weighted by atomic mass is 10.1. The number of carbonyl (C=O) groups is 2. The van der Waals surface area contributed by atoms with Gasteiger partial charge in [-0.15, -0.1) is 0 Å². The van der Waals surface area contributed by atoms with E-state index in [0.717, 1.165) is 16.1 Å². The van der Waals surface area contributed by atoms with E-state index in [1.54, 1.807) is 50.2 Å². The number of aryl methyl sites for hydroxylation is 1. The van der Waals surface area contributed by atoms with Gasteiger partial charge < -0.3 is 15.0 Å². The lowest BCUT2D eigenvalue weighted by Crippen LogP contribution is -2.52. The highest BCUT2D eigenvalue weighted by molar-refractivity contribution is 7.92. The molecule has 0 saturated heterocycles. The minimum atomic E-state index is -3.89. The van der Waals surface area contributed by atoms with E-state index >= 15 is 0 Å². The molecule has 0 fully saturated rings. The Morgan fingerprint density at radius 3 is 2.29 bits per heavy atom. The molecule has 2 aromatic rings. The van der Waals surface area contributed by atoms with Crippen LogP contribution >= 0.6 is 23.2 Å². The zero-order chi connectivity index (χ0) is 26.5. The van der Waals surface area contributed by atoms with Crippen molar-refractivity contribution in [1.82, 2.24) is 10.2 Å². The summed E-state index contributed by atoms with van der Waals surface area (Å²) in [6.45, 7) is 6.44. The summed E-state index contributed by atoms with van der Waals surface area (Å²) in [4.78, 5) is 27.7. The van der Waals surface area contributed by atoms with Crippen LogP contribution in [0.5, 0.6) is 5.75 Å². The van der Waals surface area contributed by atoms with Gasteiger partial charge in [-0.1, -0.05) is 35.3 Å². The third kappa shape index (κ3) is 7.75. The molecule has 0 spiro atoms. The second-order valence-corrected chi connectivity index (χ2v) is 11.3. The second-order valence-electron chi connectivity index (χ2n) is 8.54. The van der Waals surface area contributed by atoms with Crippen LogP contribution in [0.15, 0.2) is 36.4 Å². The summed E-state index contributed by atoms with van der Waals surface area (Å²) in [5, 5.41) is 3.54. The molecule has 2 rings (SSSR count). The average molecular weight is 545 g/mol. The van der Waals surface area contributed by atoms with Gasteiger partial charge in [-0.3, -0.25) is 13.9 Å². The van der Waals surface area contributed by atoms with Crippen molar-refractivity contribution in [2.75, 3.05) is 24.2 Å². The first kappa shape index (κ1) is 28.7. The summed E-state index contributed by atoms with van der Waals surface area (Å²) < 4.78 is 31.8. The monoisotopic (exact) mass is 543 g/mol. The number of carbonyl (C=O) groups excluding carboxylic acids is 2. The van der Waals surface area contributed by atoms with Crippen molar-refractivity contribution in [3.05, 3.63) is 57.6 Å². The Hall–Kier alpha value is -2.49. The number of ether oxygens (including phenoxy) is 1. The Kier molecular flexibility index (Phi) is 9.83. The molecule has 192 valence electrons. The van der Waals surface area contributed by atoms with E-state index in [1.165, 1.54) is 12.0 Å². The highest BCUT2D eigenvalue weighted by Crippen LogP contribution is 2.31. The molecule has 0 radical (unpaired) electrons. The Labute approximate surface area is 217 Å². The summed E-state index contributed by atoms with van der Waals surface area (Å²) in [6.07, 6.45) is 1.01. The predicted octanol–water partition coefficient (Wildman–Crippen LogP) is 4.02. The van der Waals surface area contributed by atoms with Crippen LogP contribution in [0.3, 0.4) is 0 Å². The fourth-order valence-electron chi connectivity index (χ4n) is 3.41. The fourth-order valence-corrected chi connectivity index (χ4v) is 4.72. The number of methoxy groups -OCH3 is 1. The van der Waals surface area contributed by atoms with Crippen LogP contribution in [0, 0.1) is 6.92 Å². The molecule has 0 aromatic heterocycles. The summed E-state index contributed by atoms with van der Waals surface area (Å²) >= 11 is 12.3. The van der Waals surface area contributed by atoms with Crippen molar-refractivity contribution < 1.29 is 22.7 Å². The number of rotatable bonds is 10. The van der Waals surface area contributed by atoms with Gasteiger partial charge in [-0.2, -0.15) is 0 Å². The Morgan fingerprint density at radius 1 is 1.09 bits per heavy atom. The van der Waals surface area contributed by atoms with E-state index in [2.05, 4.69) is 5.32 Å². The van der Waals surface area contributed by atoms with Crippen LogP contribution in [0.4, 0.5) is 5.69 Å². The lowest BCUT2D eigenvalue weighted by Gasteiger charge is -2.32. The Balaban J connectivity index is 2.50. The molecule has 0 heterocycles. The molecule has 0 aliphatic carbocycles. The summed E-state index contributed by atoms with van der Waals surface area (Å²) in [7, 11) is -2.47. The zero-order valence-electron chi connectivity index (χ0n) is 20.6. The SMILES string of the molecule is COc1ccc(C)cc1N(CC(=O)N(Cc1ccc(Cl)cc1Cl)C(C)C(=O)NC(C)C)S(C)(=O)=O. The van der Waals surface area contributed by atoms with Crippen LogP contribution < -0.4 is 14.4 Å². The van der Waals surface area contributed by atoms with E-state index in [-0.39, 0.29) is 24.2 Å². The smallest absolute Gasteiger partial charge is 0.244 e. The van der Waals surface area contributed by atoms with Gasteiger partial charge in [0.2, 0.25) is 21.8 Å². The largest absolute Gasteiger partial charge is 0.495 e. The third-order valence-electron chi connectivity index (χ3n) is 5.24. The van der Waals surface area contributed by atoms with Gasteiger partial charge in [-0.25, -0.2) is 8.42 Å². The first-order valence-electron chi connectivity index (χ1n) is 10.9. The number of nitrogens with one attached hydrogen (secondary N) is 1. The van der Waals surface area contributed by atoms with E-state index in [4.69, 9.17) is 27.9 Å². The third-order valence-corrected chi connectivity index (χ3v) is 6.95. The van der Waals surface area contributed by atoms with Crippen molar-refractivity contribution in [2.24, 2.45) is 0 Å². The molecule has 8 nitrogen and oxygen atoms in total. The minimum absolute atomic E-state index is 0.0237. The molecule has 1 unspecified atom stereocenters. The number of halogens is 2. The van der Waals surface area contributed by atoms with Crippen LogP contribution in [0.25, 0.3) is 0 Å². The molecule has 2 amide bonds. The van der Waals surface area contributed by atoms with Gasteiger partial charge >= 0.3 is 0 Å². The number of hydrogen-bond donors (Lipinski definition) is 1. The van der Waals surface area contributed by atoms with E-state index in [9.17, 15) is 18.0 Å². The number of anilines is 1. The standard InChI is InChI=1S/C24H31Cl2N3O5S/c1-15(2)27-24(31)17(4)28(13-18-8-9-19(25)12-20(18)26)23(30)14-29(35(6,32)33)21-11-16(3)7-10-22(21)34-5/h7-12,15,17H,13-14H2,1-6H3,(H,27,31). The quantitative estimate of drug-likeness (QED) is 0.488. The molecule has 1 N–H and O–H groups in total. The Bertz CT molecular complexity index is 1190. The van der Waals surface area contributed by atoms with Crippen LogP contribution in [-0.4, -0.2) is 57.1 Å². The molecule has 0 bridgehead atoms. The summed E-state index contributed by atoms with van der Waals surface area (Å²) in [5.74, 6) is -0.666. The highest BCUT2D eigenvalue weighted by atomic mass is 35.5. The van der Waals surface area contributed by atoms with E-state index in [0.29, 0.717) is 21.4 Å². The molecular weight excluding hydrogens is 513 g/mol. The molecule has 0 saturated carbocycles. The van der Waals surface area contributed by atoms with Gasteiger partial charge in [0.25, 0.3) is 0 Å². The van der Waals surface area contributed by atoms with E-state index < -0.39 is 28.5 Å². The second kappa shape index (κ2) is 12.0. The molecule has 11 heteroatoms. The fraction of sp³-hybridized carbons (Fsp3) is 0.417. The van der Waals surface area contributed by atoms with Gasteiger partial charge in [0.15, 0.2) is 0 Å². The number of amides is 2. The highest BCUT2D eigenvalue weighted by Gasteiger charge is 2.31. The first-order valence-corrected chi connectivity index (χ1v) is 13.5. The summed E-state index contributed by atoms with van der Waals surface area (Å²) in [6, 6.07) is 8.82. The van der Waals surface area contributed by atoms with Crippen LogP contribution in [0.1, 0.15) is 31.9 Å². The van der Waals surface area contributed by atoms with Crippen LogP contribution in [-0.2, 0) is 26.2 Å². The van der Waals surface area contributed by atoms with Crippen molar-refractivity contribution in [3.8, 4) is 5.75 Å². The van der Waals surface area contributed by atoms with Crippen LogP contribution in [0.2, 0.25) is 10.0 Å². The van der Waals surface area contributed by atoms with Crippen molar-refractivity contribution in [3.63, 3.8) is 0 Å². The maximum Gasteiger partial charge on any atom is 0.244 e. The maximum atomic E-state index is 13.6. The normalized spacial score (nSPS) is 12.3. The Morgan fingerprint density at radius 2 is 1.74 bits per heavy atom. The van der Waals surface area contributed by atoms with Crippen molar-refractivity contribution >= 4 is 50.7 Å². The first-order chi connectivity index (χ1) is 16.2. The molecule has 35 heavy (non-hydrogen) atoms.